The van der Waals surface area contributed by atoms with Crippen molar-refractivity contribution in [1.82, 2.24) is 0 Å². The Kier molecular flexibility index (Phi) is 3.47. The summed E-state index contributed by atoms with van der Waals surface area (Å²) in [4.78, 5) is 24.4. The molecule has 20 heavy (non-hydrogen) atoms. The molecule has 0 spiro atoms. The summed E-state index contributed by atoms with van der Waals surface area (Å²) in [5, 5.41) is 8.88. The molecule has 0 bridgehead atoms. The number of anilines is 2. The van der Waals surface area contributed by atoms with Crippen molar-refractivity contribution in [2.75, 3.05) is 17.7 Å². The Labute approximate surface area is 115 Å². The van der Waals surface area contributed by atoms with E-state index >= 15 is 0 Å². The number of furan rings is 1. The summed E-state index contributed by atoms with van der Waals surface area (Å²) >= 11 is 0. The van der Waals surface area contributed by atoms with E-state index < -0.39 is 5.97 Å². The first kappa shape index (κ1) is 13.7. The van der Waals surface area contributed by atoms with Crippen molar-refractivity contribution >= 4 is 23.3 Å². The second kappa shape index (κ2) is 5.08. The Morgan fingerprint density at radius 2 is 2.00 bits per heavy atom. The molecule has 6 nitrogen and oxygen atoms in total. The lowest BCUT2D eigenvalue weighted by Gasteiger charge is -2.18. The summed E-state index contributed by atoms with van der Waals surface area (Å²) < 4.78 is 5.14. The largest absolute Gasteiger partial charge is 0.478 e. The summed E-state index contributed by atoms with van der Waals surface area (Å²) in [7, 11) is 1.55. The third kappa shape index (κ3) is 2.35. The fourth-order valence-corrected chi connectivity index (χ4v) is 1.85. The summed E-state index contributed by atoms with van der Waals surface area (Å²) in [5.41, 5.74) is 7.24. The highest BCUT2D eigenvalue weighted by atomic mass is 16.4. The van der Waals surface area contributed by atoms with Crippen LogP contribution in [0, 0.1) is 6.92 Å². The quantitative estimate of drug-likeness (QED) is 0.836. The maximum atomic E-state index is 12.3. The molecule has 0 atom stereocenters. The predicted molar refractivity (Wildman–Crippen MR) is 74.0 cm³/mol. The van der Waals surface area contributed by atoms with Crippen LogP contribution >= 0.6 is 0 Å². The summed E-state index contributed by atoms with van der Waals surface area (Å²) in [6.07, 6.45) is 1.44. The smallest absolute Gasteiger partial charge is 0.335 e. The molecular weight excluding hydrogens is 260 g/mol. The van der Waals surface area contributed by atoms with Crippen LogP contribution in [0.2, 0.25) is 0 Å². The fourth-order valence-electron chi connectivity index (χ4n) is 1.85. The highest BCUT2D eigenvalue weighted by molar-refractivity contribution is 6.06. The van der Waals surface area contributed by atoms with Crippen molar-refractivity contribution in [3.05, 3.63) is 47.4 Å². The topological polar surface area (TPSA) is 96.8 Å². The molecule has 0 aliphatic carbocycles. The number of carboxylic acid groups (broad SMARTS) is 1. The van der Waals surface area contributed by atoms with Crippen molar-refractivity contribution in [1.29, 1.82) is 0 Å². The Bertz CT molecular complexity index is 676. The molecule has 0 saturated heterocycles. The first-order valence-corrected chi connectivity index (χ1v) is 5.86. The number of rotatable bonds is 3. The number of hydrogen-bond donors (Lipinski definition) is 2. The van der Waals surface area contributed by atoms with E-state index in [0.717, 1.165) is 5.56 Å². The molecule has 1 aromatic carbocycles. The molecule has 0 unspecified atom stereocenters. The summed E-state index contributed by atoms with van der Waals surface area (Å²) in [6.45, 7) is 1.77. The molecule has 1 aromatic heterocycles. The van der Waals surface area contributed by atoms with Crippen LogP contribution in [0.5, 0.6) is 0 Å². The lowest BCUT2D eigenvalue weighted by molar-refractivity contribution is 0.0697. The van der Waals surface area contributed by atoms with Gasteiger partial charge in [-0.2, -0.15) is 0 Å². The summed E-state index contributed by atoms with van der Waals surface area (Å²) in [6, 6.07) is 5.90. The van der Waals surface area contributed by atoms with E-state index in [1.165, 1.54) is 29.4 Å². The zero-order valence-electron chi connectivity index (χ0n) is 11.1. The standard InChI is InChI=1S/C14H14N2O4/c1-8-5-6-20-12(8)13(17)16(2)11-4-3-9(14(18)19)7-10(11)15/h3-7H,15H2,1-2H3,(H,18,19). The third-order valence-corrected chi connectivity index (χ3v) is 3.00. The van der Waals surface area contributed by atoms with Crippen molar-refractivity contribution in [3.63, 3.8) is 0 Å². The zero-order chi connectivity index (χ0) is 14.9. The fraction of sp³-hybridized carbons (Fsp3) is 0.143. The van der Waals surface area contributed by atoms with Crippen LogP contribution in [-0.2, 0) is 0 Å². The van der Waals surface area contributed by atoms with Gasteiger partial charge in [0.05, 0.1) is 23.2 Å². The van der Waals surface area contributed by atoms with Gasteiger partial charge < -0.3 is 20.2 Å². The number of nitrogen functional groups attached to an aromatic ring is 1. The molecule has 0 radical (unpaired) electrons. The van der Waals surface area contributed by atoms with E-state index in [2.05, 4.69) is 0 Å². The molecule has 0 fully saturated rings. The third-order valence-electron chi connectivity index (χ3n) is 3.00. The van der Waals surface area contributed by atoms with E-state index in [4.69, 9.17) is 15.3 Å². The number of amides is 1. The van der Waals surface area contributed by atoms with Crippen molar-refractivity contribution in [2.24, 2.45) is 0 Å². The van der Waals surface area contributed by atoms with Gasteiger partial charge in [-0.05, 0) is 31.2 Å². The number of nitrogens with two attached hydrogens (primary N) is 1. The number of nitrogens with zero attached hydrogens (tertiary/aromatic N) is 1. The van der Waals surface area contributed by atoms with Gasteiger partial charge >= 0.3 is 5.97 Å². The Morgan fingerprint density at radius 1 is 1.30 bits per heavy atom. The number of aromatic carboxylic acids is 1. The van der Waals surface area contributed by atoms with Crippen LogP contribution in [0.25, 0.3) is 0 Å². The first-order valence-electron chi connectivity index (χ1n) is 5.86. The van der Waals surface area contributed by atoms with Crippen molar-refractivity contribution in [2.45, 2.75) is 6.92 Å². The monoisotopic (exact) mass is 274 g/mol. The molecule has 0 aliphatic heterocycles. The van der Waals surface area contributed by atoms with Gasteiger partial charge in [0.1, 0.15) is 0 Å². The number of carbonyl (C=O) groups excluding carboxylic acids is 1. The minimum atomic E-state index is -1.07. The summed E-state index contributed by atoms with van der Waals surface area (Å²) in [5.74, 6) is -1.18. The number of hydrogen-bond acceptors (Lipinski definition) is 4. The average Bonchev–Trinajstić information content (AvgIpc) is 2.83. The van der Waals surface area contributed by atoms with E-state index in [-0.39, 0.29) is 22.9 Å². The molecule has 2 aromatic rings. The molecule has 1 heterocycles. The average molecular weight is 274 g/mol. The van der Waals surface area contributed by atoms with Gasteiger partial charge in [0.25, 0.3) is 5.91 Å². The van der Waals surface area contributed by atoms with E-state index in [1.807, 2.05) is 0 Å². The second-order valence-electron chi connectivity index (χ2n) is 4.38. The van der Waals surface area contributed by atoms with Crippen LogP contribution < -0.4 is 10.6 Å². The van der Waals surface area contributed by atoms with Gasteiger partial charge in [-0.25, -0.2) is 4.79 Å². The number of benzene rings is 1. The van der Waals surface area contributed by atoms with Crippen LogP contribution in [0.15, 0.2) is 34.9 Å². The van der Waals surface area contributed by atoms with Gasteiger partial charge in [0, 0.05) is 12.6 Å². The van der Waals surface area contributed by atoms with Gasteiger partial charge in [0.15, 0.2) is 5.76 Å². The Balaban J connectivity index is 2.34. The highest BCUT2D eigenvalue weighted by Crippen LogP contribution is 2.25. The first-order chi connectivity index (χ1) is 9.41. The normalized spacial score (nSPS) is 10.3. The molecule has 1 amide bonds. The lowest BCUT2D eigenvalue weighted by Crippen LogP contribution is -2.27. The van der Waals surface area contributed by atoms with E-state index in [9.17, 15) is 9.59 Å². The SMILES string of the molecule is Cc1ccoc1C(=O)N(C)c1ccc(C(=O)O)cc1N. The number of carbonyl (C=O) groups is 2. The highest BCUT2D eigenvalue weighted by Gasteiger charge is 2.20. The molecule has 3 N–H and O–H groups in total. The van der Waals surface area contributed by atoms with Crippen LogP contribution in [0.4, 0.5) is 11.4 Å². The molecule has 2 rings (SSSR count). The Hall–Kier alpha value is -2.76. The van der Waals surface area contributed by atoms with Gasteiger partial charge in [-0.3, -0.25) is 4.79 Å². The minimum Gasteiger partial charge on any atom is -0.478 e. The van der Waals surface area contributed by atoms with Crippen molar-refractivity contribution < 1.29 is 19.1 Å². The van der Waals surface area contributed by atoms with Crippen LogP contribution in [0.3, 0.4) is 0 Å². The Morgan fingerprint density at radius 3 is 2.50 bits per heavy atom. The molecular formula is C14H14N2O4. The molecule has 0 saturated carbocycles. The molecule has 6 heteroatoms. The zero-order valence-corrected chi connectivity index (χ0v) is 11.1. The van der Waals surface area contributed by atoms with E-state index in [1.54, 1.807) is 20.0 Å². The minimum absolute atomic E-state index is 0.0706. The molecule has 104 valence electrons. The second-order valence-corrected chi connectivity index (χ2v) is 4.38. The maximum absolute atomic E-state index is 12.3. The van der Waals surface area contributed by atoms with Gasteiger partial charge in [-0.1, -0.05) is 0 Å². The van der Waals surface area contributed by atoms with E-state index in [0.29, 0.717) is 5.69 Å². The predicted octanol–water partition coefficient (Wildman–Crippen LogP) is 2.15. The van der Waals surface area contributed by atoms with Crippen molar-refractivity contribution in [3.8, 4) is 0 Å². The van der Waals surface area contributed by atoms with Crippen LogP contribution in [0.1, 0.15) is 26.5 Å². The lowest BCUT2D eigenvalue weighted by atomic mass is 10.1. The van der Waals surface area contributed by atoms with Gasteiger partial charge in [0.2, 0.25) is 0 Å². The number of carboxylic acids is 1. The molecule has 0 aliphatic rings. The van der Waals surface area contributed by atoms with Gasteiger partial charge in [-0.15, -0.1) is 0 Å². The number of aryl methyl sites for hydroxylation is 1. The maximum Gasteiger partial charge on any atom is 0.335 e. The van der Waals surface area contributed by atoms with Crippen LogP contribution in [-0.4, -0.2) is 24.0 Å².